The van der Waals surface area contributed by atoms with E-state index in [2.05, 4.69) is 108 Å². The van der Waals surface area contributed by atoms with Gasteiger partial charge in [0.1, 0.15) is 0 Å². The molecule has 0 nitrogen and oxygen atoms in total. The molecule has 0 saturated heterocycles. The zero-order valence-corrected chi connectivity index (χ0v) is 24.0. The van der Waals surface area contributed by atoms with Crippen molar-refractivity contribution in [1.29, 1.82) is 0 Å². The summed E-state index contributed by atoms with van der Waals surface area (Å²) in [7, 11) is 0. The predicted octanol–water partition coefficient (Wildman–Crippen LogP) is 7.70. The van der Waals surface area contributed by atoms with Gasteiger partial charge >= 0.3 is 136 Å². The van der Waals surface area contributed by atoms with Crippen molar-refractivity contribution >= 4 is 43.8 Å². The summed E-state index contributed by atoms with van der Waals surface area (Å²) in [5, 5.41) is 0. The Morgan fingerprint density at radius 3 is 1.39 bits per heavy atom. The third kappa shape index (κ3) is 5.25. The van der Waals surface area contributed by atoms with Crippen LogP contribution in [0.2, 0.25) is 9.26 Å². The zero-order chi connectivity index (χ0) is 20.5. The SMILES string of the molecule is Cc1ccccc1.Cl.Cl.[CH3][Zr]([CH3])(=[SiH2])([CH]1C=Cc2ccccc21)[CH]1C=Cc2ccccc21. The number of fused-ring (bicyclic) bond motifs is 2. The van der Waals surface area contributed by atoms with Gasteiger partial charge in [0.15, 0.2) is 0 Å². The first kappa shape index (κ1) is 26.1. The maximum atomic E-state index is 2.65. The van der Waals surface area contributed by atoms with Crippen LogP contribution in [0.15, 0.2) is 91.0 Å². The molecule has 5 rings (SSSR count). The zero-order valence-electron chi connectivity index (χ0n) is 18.5. The first-order valence-electron chi connectivity index (χ1n) is 10.5. The second-order valence-corrected chi connectivity index (χ2v) is 40.2. The Balaban J connectivity index is 0.000000327. The Morgan fingerprint density at radius 1 is 0.613 bits per heavy atom. The summed E-state index contributed by atoms with van der Waals surface area (Å²) in [5.74, 6) is 0. The van der Waals surface area contributed by atoms with E-state index in [1.54, 1.807) is 11.1 Å². The molecule has 2 unspecified atom stereocenters. The summed E-state index contributed by atoms with van der Waals surface area (Å²) in [6, 6.07) is 28.2. The molecule has 2 aliphatic rings. The van der Waals surface area contributed by atoms with Crippen molar-refractivity contribution in [3.8, 4) is 0 Å². The molecule has 0 saturated carbocycles. The maximum absolute atomic E-state index is 3.02. The van der Waals surface area contributed by atoms with Crippen LogP contribution in [0.25, 0.3) is 12.2 Å². The fraction of sp³-hybridized carbons (Fsp3) is 0.185. The molecule has 31 heavy (non-hydrogen) atoms. The predicted molar refractivity (Wildman–Crippen MR) is 142 cm³/mol. The average Bonchev–Trinajstić information content (AvgIpc) is 3.34. The molecule has 0 spiro atoms. The van der Waals surface area contributed by atoms with E-state index in [-0.39, 0.29) is 24.8 Å². The summed E-state index contributed by atoms with van der Waals surface area (Å²) in [5.41, 5.74) is 7.30. The van der Waals surface area contributed by atoms with Gasteiger partial charge in [0.05, 0.1) is 0 Å². The van der Waals surface area contributed by atoms with Gasteiger partial charge in [0.25, 0.3) is 0 Å². The molecule has 0 radical (unpaired) electrons. The Bertz CT molecular complexity index is 1090. The third-order valence-electron chi connectivity index (χ3n) is 6.58. The van der Waals surface area contributed by atoms with E-state index in [9.17, 15) is 0 Å². The summed E-state index contributed by atoms with van der Waals surface area (Å²) in [4.78, 5) is 0. The molecule has 162 valence electrons. The molecular weight excluding hydrogens is 515 g/mol. The van der Waals surface area contributed by atoms with Crippen LogP contribution in [0.1, 0.15) is 35.1 Å². The Morgan fingerprint density at radius 2 is 1.00 bits per heavy atom. The standard InChI is InChI=1S/2C9H7.C7H8.2CH3.2ClH.H2Si.Zr/c2*1-2-5-9-7-3-6-8(9)4-1;1-7-5-3-2-4-6-7;;;;;;/h2*1-7H;2-6H,1H3;2*1H3;2*1H;1H2;. The van der Waals surface area contributed by atoms with Crippen LogP contribution in [0.4, 0.5) is 0 Å². The number of hydrogen-bond donors (Lipinski definition) is 0. The first-order valence-corrected chi connectivity index (χ1v) is 24.2. The molecular formula is C27H32Cl2SiZr. The third-order valence-corrected chi connectivity index (χ3v) is 24.3. The number of allylic oxidation sites excluding steroid dienone is 2. The monoisotopic (exact) mass is 544 g/mol. The van der Waals surface area contributed by atoms with Crippen molar-refractivity contribution in [2.75, 3.05) is 0 Å². The van der Waals surface area contributed by atoms with Crippen LogP contribution in [0.5, 0.6) is 0 Å². The molecule has 0 heterocycles. The number of rotatable bonds is 2. The van der Waals surface area contributed by atoms with Gasteiger partial charge in [-0.05, 0) is 6.92 Å². The molecule has 2 atom stereocenters. The number of aryl methyl sites for hydroxylation is 1. The van der Waals surface area contributed by atoms with Gasteiger partial charge in [0.2, 0.25) is 0 Å². The van der Waals surface area contributed by atoms with Crippen LogP contribution >= 0.6 is 24.8 Å². The number of hydrogen-bond acceptors (Lipinski definition) is 0. The van der Waals surface area contributed by atoms with Crippen molar-refractivity contribution in [2.24, 2.45) is 0 Å². The van der Waals surface area contributed by atoms with Crippen molar-refractivity contribution in [3.63, 3.8) is 0 Å². The van der Waals surface area contributed by atoms with Crippen LogP contribution < -0.4 is 0 Å². The number of halogens is 2. The fourth-order valence-corrected chi connectivity index (χ4v) is 19.9. The Kier molecular flexibility index (Phi) is 8.56. The first-order chi connectivity index (χ1) is 13.9. The van der Waals surface area contributed by atoms with E-state index in [1.807, 2.05) is 18.2 Å². The Hall–Kier alpha value is -1.18. The quantitative estimate of drug-likeness (QED) is 0.289. The minimum absolute atomic E-state index is 0. The van der Waals surface area contributed by atoms with E-state index < -0.39 is 17.4 Å². The van der Waals surface area contributed by atoms with Crippen LogP contribution in [-0.4, -0.2) is 6.88 Å². The van der Waals surface area contributed by atoms with Crippen LogP contribution in [-0.2, 0) is 17.4 Å². The van der Waals surface area contributed by atoms with Gasteiger partial charge in [0, 0.05) is 0 Å². The molecule has 0 amide bonds. The second kappa shape index (κ2) is 10.2. The van der Waals surface area contributed by atoms with Gasteiger partial charge in [-0.1, -0.05) is 35.9 Å². The van der Waals surface area contributed by atoms with Gasteiger partial charge in [-0.3, -0.25) is 0 Å². The molecule has 0 bridgehead atoms. The normalized spacial score (nSPS) is 18.1. The van der Waals surface area contributed by atoms with Crippen molar-refractivity contribution in [2.45, 2.75) is 23.4 Å². The molecule has 3 aromatic carbocycles. The van der Waals surface area contributed by atoms with Gasteiger partial charge in [-0.15, -0.1) is 24.8 Å². The molecule has 2 aliphatic carbocycles. The van der Waals surface area contributed by atoms with E-state index in [4.69, 9.17) is 0 Å². The van der Waals surface area contributed by atoms with Crippen molar-refractivity contribution < 1.29 is 17.4 Å². The van der Waals surface area contributed by atoms with E-state index in [0.29, 0.717) is 7.25 Å². The van der Waals surface area contributed by atoms with Crippen molar-refractivity contribution in [3.05, 3.63) is 119 Å². The van der Waals surface area contributed by atoms with E-state index >= 15 is 0 Å². The summed E-state index contributed by atoms with van der Waals surface area (Å²) in [6.45, 7) is 4.46. The van der Waals surface area contributed by atoms with E-state index in [0.717, 1.165) is 0 Å². The van der Waals surface area contributed by atoms with E-state index in [1.165, 1.54) is 16.7 Å². The molecule has 0 aromatic heterocycles. The van der Waals surface area contributed by atoms with Gasteiger partial charge in [-0.25, -0.2) is 0 Å². The molecule has 0 fully saturated rings. The molecule has 4 heteroatoms. The molecule has 3 aromatic rings. The van der Waals surface area contributed by atoms with Crippen LogP contribution in [0.3, 0.4) is 0 Å². The summed E-state index contributed by atoms with van der Waals surface area (Å²) in [6.07, 6.45) is 9.69. The van der Waals surface area contributed by atoms with Gasteiger partial charge in [-0.2, -0.15) is 0 Å². The van der Waals surface area contributed by atoms with Crippen molar-refractivity contribution in [1.82, 2.24) is 0 Å². The van der Waals surface area contributed by atoms with Crippen LogP contribution in [0, 0.1) is 6.92 Å². The Labute approximate surface area is 202 Å². The number of benzene rings is 3. The second-order valence-electron chi connectivity index (χ2n) is 9.52. The minimum atomic E-state index is -3.02. The average molecular weight is 547 g/mol. The fourth-order valence-electron chi connectivity index (χ4n) is 4.88. The molecule has 0 aliphatic heterocycles. The summed E-state index contributed by atoms with van der Waals surface area (Å²) >= 11 is -3.02. The summed E-state index contributed by atoms with van der Waals surface area (Å²) < 4.78 is 6.59. The molecule has 0 N–H and O–H groups in total. The van der Waals surface area contributed by atoms with Gasteiger partial charge < -0.3 is 0 Å². The topological polar surface area (TPSA) is 0 Å².